The van der Waals surface area contributed by atoms with Gasteiger partial charge in [-0.05, 0) is 18.3 Å². The highest BCUT2D eigenvalue weighted by Crippen LogP contribution is 2.33. The van der Waals surface area contributed by atoms with E-state index in [1.54, 1.807) is 5.54 Å². The van der Waals surface area contributed by atoms with Crippen molar-refractivity contribution < 1.29 is 0 Å². The Kier molecular flexibility index (Phi) is 11.2. The van der Waals surface area contributed by atoms with Gasteiger partial charge in [0.05, 0.1) is 0 Å². The summed E-state index contributed by atoms with van der Waals surface area (Å²) in [5.41, 5.74) is 2.06. The predicted octanol–water partition coefficient (Wildman–Crippen LogP) is 6.69. The van der Waals surface area contributed by atoms with E-state index in [2.05, 4.69) is 26.8 Å². The van der Waals surface area contributed by atoms with E-state index in [9.17, 15) is 0 Å². The Labute approximate surface area is 114 Å². The van der Waals surface area contributed by atoms with Crippen molar-refractivity contribution in [2.45, 2.75) is 85.0 Å². The first-order valence-electron chi connectivity index (χ1n) is 7.46. The van der Waals surface area contributed by atoms with Crippen LogP contribution in [-0.2, 0) is 0 Å². The van der Waals surface area contributed by atoms with E-state index < -0.39 is 0 Å². The Morgan fingerprint density at radius 3 is 1.65 bits per heavy atom. The molecule has 1 heteroatoms. The number of rotatable bonds is 11. The largest absolute Gasteiger partial charge is 0.0933 e. The molecule has 0 aromatic carbocycles. The summed E-state index contributed by atoms with van der Waals surface area (Å²) in [6.07, 6.45) is 15.6. The molecule has 0 saturated heterocycles. The van der Waals surface area contributed by atoms with Gasteiger partial charge in [-0.25, -0.2) is 0 Å². The minimum absolute atomic E-state index is 0.337. The Balaban J connectivity index is 3.89. The molecular formula is C16H31Cl. The molecule has 0 aromatic rings. The molecule has 0 nitrogen and oxygen atoms in total. The molecule has 0 saturated carbocycles. The van der Waals surface area contributed by atoms with Gasteiger partial charge >= 0.3 is 0 Å². The second-order valence-electron chi connectivity index (χ2n) is 5.57. The molecule has 0 heterocycles. The third-order valence-corrected chi connectivity index (χ3v) is 3.79. The van der Waals surface area contributed by atoms with Gasteiger partial charge in [0.2, 0.25) is 0 Å². The maximum Gasteiger partial charge on any atom is 0.000795 e. The number of unbranched alkanes of at least 4 members (excludes halogenated alkanes) is 6. The Hall–Kier alpha value is 0.0300. The lowest BCUT2D eigenvalue weighted by molar-refractivity contribution is 0.329. The molecule has 0 aliphatic rings. The summed E-state index contributed by atoms with van der Waals surface area (Å²) in [7, 11) is 0. The SMILES string of the molecule is CCCCCCC(C)(/C=C\Cl)CCCCCC. The molecule has 0 bridgehead atoms. The Morgan fingerprint density at radius 1 is 0.824 bits per heavy atom. The van der Waals surface area contributed by atoms with Gasteiger partial charge in [-0.1, -0.05) is 89.8 Å². The van der Waals surface area contributed by atoms with Crippen LogP contribution in [-0.4, -0.2) is 0 Å². The first-order chi connectivity index (χ1) is 8.18. The highest BCUT2D eigenvalue weighted by molar-refractivity contribution is 6.25. The van der Waals surface area contributed by atoms with Gasteiger partial charge in [-0.15, -0.1) is 0 Å². The molecular weight excluding hydrogens is 228 g/mol. The van der Waals surface area contributed by atoms with E-state index in [1.807, 2.05) is 0 Å². The van der Waals surface area contributed by atoms with Crippen molar-refractivity contribution in [1.82, 2.24) is 0 Å². The molecule has 0 amide bonds. The van der Waals surface area contributed by atoms with E-state index >= 15 is 0 Å². The van der Waals surface area contributed by atoms with Crippen LogP contribution >= 0.6 is 11.6 Å². The van der Waals surface area contributed by atoms with Crippen LogP contribution in [0.25, 0.3) is 0 Å². The van der Waals surface area contributed by atoms with E-state index in [1.165, 1.54) is 64.2 Å². The van der Waals surface area contributed by atoms with Crippen molar-refractivity contribution in [2.75, 3.05) is 0 Å². The highest BCUT2D eigenvalue weighted by atomic mass is 35.5. The Morgan fingerprint density at radius 2 is 1.29 bits per heavy atom. The van der Waals surface area contributed by atoms with Crippen LogP contribution in [0.15, 0.2) is 11.6 Å². The molecule has 0 unspecified atom stereocenters. The Bertz CT molecular complexity index is 172. The van der Waals surface area contributed by atoms with Gasteiger partial charge in [0, 0.05) is 5.54 Å². The van der Waals surface area contributed by atoms with E-state index in [-0.39, 0.29) is 0 Å². The first-order valence-corrected chi connectivity index (χ1v) is 7.90. The fraction of sp³-hybridized carbons (Fsp3) is 0.875. The van der Waals surface area contributed by atoms with E-state index in [4.69, 9.17) is 11.6 Å². The number of hydrogen-bond acceptors (Lipinski definition) is 0. The summed E-state index contributed by atoms with van der Waals surface area (Å²) in [4.78, 5) is 0. The quantitative estimate of drug-likeness (QED) is 0.362. The molecule has 0 aliphatic carbocycles. The van der Waals surface area contributed by atoms with Gasteiger partial charge in [0.1, 0.15) is 0 Å². The van der Waals surface area contributed by atoms with Crippen molar-refractivity contribution >= 4 is 11.6 Å². The molecule has 0 atom stereocenters. The number of halogens is 1. The summed E-state index contributed by atoms with van der Waals surface area (Å²) in [6, 6.07) is 0. The van der Waals surface area contributed by atoms with E-state index in [0.717, 1.165) is 0 Å². The normalized spacial score (nSPS) is 12.5. The number of hydrogen-bond donors (Lipinski definition) is 0. The third-order valence-electron chi connectivity index (χ3n) is 3.67. The maximum absolute atomic E-state index is 5.79. The van der Waals surface area contributed by atoms with Gasteiger partial charge < -0.3 is 0 Å². The fourth-order valence-electron chi connectivity index (χ4n) is 2.35. The summed E-state index contributed by atoms with van der Waals surface area (Å²) in [5, 5.41) is 0. The zero-order valence-corrected chi connectivity index (χ0v) is 12.9. The van der Waals surface area contributed by atoms with Crippen molar-refractivity contribution in [1.29, 1.82) is 0 Å². The minimum Gasteiger partial charge on any atom is -0.0933 e. The molecule has 0 spiro atoms. The van der Waals surface area contributed by atoms with Gasteiger partial charge in [-0.2, -0.15) is 0 Å². The van der Waals surface area contributed by atoms with Crippen molar-refractivity contribution in [3.8, 4) is 0 Å². The van der Waals surface area contributed by atoms with Gasteiger partial charge in [0.15, 0.2) is 0 Å². The van der Waals surface area contributed by atoms with Gasteiger partial charge in [-0.3, -0.25) is 0 Å². The molecule has 0 aromatic heterocycles. The highest BCUT2D eigenvalue weighted by Gasteiger charge is 2.19. The van der Waals surface area contributed by atoms with Crippen LogP contribution in [0.2, 0.25) is 0 Å². The van der Waals surface area contributed by atoms with Crippen LogP contribution in [0.3, 0.4) is 0 Å². The smallest absolute Gasteiger partial charge is 0.000795 e. The average molecular weight is 259 g/mol. The van der Waals surface area contributed by atoms with Crippen LogP contribution in [0, 0.1) is 5.41 Å². The first kappa shape index (κ1) is 17.0. The molecule has 0 radical (unpaired) electrons. The lowest BCUT2D eigenvalue weighted by Gasteiger charge is -2.26. The second-order valence-corrected chi connectivity index (χ2v) is 5.82. The monoisotopic (exact) mass is 258 g/mol. The van der Waals surface area contributed by atoms with Crippen LogP contribution < -0.4 is 0 Å². The van der Waals surface area contributed by atoms with Crippen molar-refractivity contribution in [2.24, 2.45) is 5.41 Å². The molecule has 17 heavy (non-hydrogen) atoms. The van der Waals surface area contributed by atoms with Crippen LogP contribution in [0.5, 0.6) is 0 Å². The second kappa shape index (κ2) is 11.1. The summed E-state index contributed by atoms with van der Waals surface area (Å²) < 4.78 is 0. The molecule has 0 aliphatic heterocycles. The fourth-order valence-corrected chi connectivity index (χ4v) is 2.66. The van der Waals surface area contributed by atoms with Crippen molar-refractivity contribution in [3.63, 3.8) is 0 Å². The summed E-state index contributed by atoms with van der Waals surface area (Å²) in [6.45, 7) is 6.90. The molecule has 0 rings (SSSR count). The van der Waals surface area contributed by atoms with E-state index in [0.29, 0.717) is 5.41 Å². The standard InChI is InChI=1S/C16H31Cl/c1-4-6-8-10-12-16(3,14-15-17)13-11-9-7-5-2/h14-15H,4-13H2,1-3H3/b15-14-. The lowest BCUT2D eigenvalue weighted by Crippen LogP contribution is -2.13. The topological polar surface area (TPSA) is 0 Å². The number of allylic oxidation sites excluding steroid dienone is 1. The third kappa shape index (κ3) is 9.71. The average Bonchev–Trinajstić information content (AvgIpc) is 2.31. The summed E-state index contributed by atoms with van der Waals surface area (Å²) >= 11 is 5.79. The van der Waals surface area contributed by atoms with Crippen LogP contribution in [0.4, 0.5) is 0 Å². The molecule has 102 valence electrons. The molecule has 0 fully saturated rings. The maximum atomic E-state index is 5.79. The van der Waals surface area contributed by atoms with Crippen LogP contribution in [0.1, 0.15) is 85.0 Å². The summed E-state index contributed by atoms with van der Waals surface area (Å²) in [5.74, 6) is 0. The minimum atomic E-state index is 0.337. The predicted molar refractivity (Wildman–Crippen MR) is 80.6 cm³/mol. The zero-order valence-electron chi connectivity index (χ0n) is 12.1. The lowest BCUT2D eigenvalue weighted by atomic mass is 9.80. The van der Waals surface area contributed by atoms with Crippen molar-refractivity contribution in [3.05, 3.63) is 11.6 Å². The molecule has 0 N–H and O–H groups in total. The van der Waals surface area contributed by atoms with Gasteiger partial charge in [0.25, 0.3) is 0 Å². The zero-order chi connectivity index (χ0) is 13.0.